The summed E-state index contributed by atoms with van der Waals surface area (Å²) in [5.41, 5.74) is 0.999. The standard InChI is InChI=1S/C17H19N3O/c1-2-18-12-6-11-16-19-20-17(21-16)15-10-5-8-13-7-3-4-9-14(13)15/h3-5,7-10,18H,2,6,11-12H2,1H3. The number of hydrogen-bond acceptors (Lipinski definition) is 4. The minimum Gasteiger partial charge on any atom is -0.421 e. The Hall–Kier alpha value is -2.20. The summed E-state index contributed by atoms with van der Waals surface area (Å²) in [6.07, 6.45) is 1.82. The molecule has 21 heavy (non-hydrogen) atoms. The molecule has 3 rings (SSSR count). The van der Waals surface area contributed by atoms with Crippen molar-refractivity contribution in [2.75, 3.05) is 13.1 Å². The van der Waals surface area contributed by atoms with Crippen LogP contribution in [-0.2, 0) is 6.42 Å². The second-order valence-electron chi connectivity index (χ2n) is 4.98. The number of aromatic nitrogens is 2. The summed E-state index contributed by atoms with van der Waals surface area (Å²) >= 11 is 0. The van der Waals surface area contributed by atoms with Crippen LogP contribution in [0.25, 0.3) is 22.2 Å². The van der Waals surface area contributed by atoms with Gasteiger partial charge in [-0.1, -0.05) is 43.3 Å². The van der Waals surface area contributed by atoms with Gasteiger partial charge in [0.1, 0.15) is 0 Å². The van der Waals surface area contributed by atoms with E-state index in [1.54, 1.807) is 0 Å². The highest BCUT2D eigenvalue weighted by Crippen LogP contribution is 2.27. The number of nitrogens with one attached hydrogen (secondary N) is 1. The summed E-state index contributed by atoms with van der Waals surface area (Å²) in [7, 11) is 0. The van der Waals surface area contributed by atoms with Crippen molar-refractivity contribution in [1.82, 2.24) is 15.5 Å². The van der Waals surface area contributed by atoms with Gasteiger partial charge in [-0.2, -0.15) is 0 Å². The number of rotatable bonds is 6. The van der Waals surface area contributed by atoms with E-state index in [9.17, 15) is 0 Å². The lowest BCUT2D eigenvalue weighted by Crippen LogP contribution is -2.14. The summed E-state index contributed by atoms with van der Waals surface area (Å²) in [5.74, 6) is 1.31. The van der Waals surface area contributed by atoms with Crippen molar-refractivity contribution in [1.29, 1.82) is 0 Å². The first-order valence-corrected chi connectivity index (χ1v) is 7.39. The molecule has 0 aliphatic heterocycles. The van der Waals surface area contributed by atoms with Crippen LogP contribution in [0.2, 0.25) is 0 Å². The number of aryl methyl sites for hydroxylation is 1. The van der Waals surface area contributed by atoms with Gasteiger partial charge in [0, 0.05) is 12.0 Å². The molecule has 0 radical (unpaired) electrons. The van der Waals surface area contributed by atoms with Gasteiger partial charge in [0.05, 0.1) is 0 Å². The van der Waals surface area contributed by atoms with E-state index in [0.717, 1.165) is 36.9 Å². The van der Waals surface area contributed by atoms with E-state index in [1.165, 1.54) is 5.39 Å². The molecule has 1 aromatic heterocycles. The van der Waals surface area contributed by atoms with Gasteiger partial charge >= 0.3 is 0 Å². The SMILES string of the molecule is CCNCCCc1nnc(-c2cccc3ccccc23)o1. The van der Waals surface area contributed by atoms with Crippen LogP contribution in [0.15, 0.2) is 46.9 Å². The van der Waals surface area contributed by atoms with Crippen LogP contribution in [0.1, 0.15) is 19.2 Å². The van der Waals surface area contributed by atoms with Gasteiger partial charge in [-0.3, -0.25) is 0 Å². The van der Waals surface area contributed by atoms with Crippen molar-refractivity contribution < 1.29 is 4.42 Å². The predicted molar refractivity (Wildman–Crippen MR) is 84.1 cm³/mol. The molecule has 0 atom stereocenters. The van der Waals surface area contributed by atoms with Crippen LogP contribution in [0.4, 0.5) is 0 Å². The number of fused-ring (bicyclic) bond motifs is 1. The van der Waals surface area contributed by atoms with Crippen LogP contribution in [0.5, 0.6) is 0 Å². The average Bonchev–Trinajstić information content (AvgIpc) is 3.00. The molecule has 0 aliphatic rings. The van der Waals surface area contributed by atoms with Crippen molar-refractivity contribution >= 4 is 10.8 Å². The monoisotopic (exact) mass is 281 g/mol. The van der Waals surface area contributed by atoms with Crippen LogP contribution < -0.4 is 5.32 Å². The summed E-state index contributed by atoms with van der Waals surface area (Å²) in [4.78, 5) is 0. The Bertz CT molecular complexity index is 715. The van der Waals surface area contributed by atoms with Gasteiger partial charge in [-0.15, -0.1) is 10.2 Å². The molecule has 0 spiro atoms. The smallest absolute Gasteiger partial charge is 0.248 e. The summed E-state index contributed by atoms with van der Waals surface area (Å²) in [6.45, 7) is 4.07. The summed E-state index contributed by atoms with van der Waals surface area (Å²) in [6, 6.07) is 14.4. The molecule has 0 unspecified atom stereocenters. The lowest BCUT2D eigenvalue weighted by Gasteiger charge is -2.02. The number of nitrogens with zero attached hydrogens (tertiary/aromatic N) is 2. The first-order chi connectivity index (χ1) is 10.4. The third-order valence-electron chi connectivity index (χ3n) is 3.48. The maximum Gasteiger partial charge on any atom is 0.248 e. The minimum atomic E-state index is 0.602. The first kappa shape index (κ1) is 13.8. The largest absolute Gasteiger partial charge is 0.421 e. The Balaban J connectivity index is 1.81. The molecule has 4 nitrogen and oxygen atoms in total. The molecule has 108 valence electrons. The van der Waals surface area contributed by atoms with Gasteiger partial charge in [-0.05, 0) is 36.3 Å². The molecule has 0 fully saturated rings. The zero-order valence-corrected chi connectivity index (χ0v) is 12.2. The Labute approximate surface area is 124 Å². The van der Waals surface area contributed by atoms with Crippen molar-refractivity contribution in [2.45, 2.75) is 19.8 Å². The fourth-order valence-corrected chi connectivity index (χ4v) is 2.42. The second kappa shape index (κ2) is 6.50. The molecular formula is C17H19N3O. The van der Waals surface area contributed by atoms with Crippen LogP contribution >= 0.6 is 0 Å². The highest BCUT2D eigenvalue weighted by Gasteiger charge is 2.11. The van der Waals surface area contributed by atoms with Crippen LogP contribution in [0, 0.1) is 0 Å². The quantitative estimate of drug-likeness (QED) is 0.703. The van der Waals surface area contributed by atoms with E-state index in [1.807, 2.05) is 24.3 Å². The zero-order chi connectivity index (χ0) is 14.5. The molecule has 0 aliphatic carbocycles. The van der Waals surface area contributed by atoms with Gasteiger partial charge in [0.25, 0.3) is 0 Å². The summed E-state index contributed by atoms with van der Waals surface area (Å²) < 4.78 is 5.81. The van der Waals surface area contributed by atoms with Crippen molar-refractivity contribution in [3.63, 3.8) is 0 Å². The van der Waals surface area contributed by atoms with Gasteiger partial charge < -0.3 is 9.73 Å². The highest BCUT2D eigenvalue weighted by molar-refractivity contribution is 5.94. The van der Waals surface area contributed by atoms with E-state index in [0.29, 0.717) is 11.8 Å². The fourth-order valence-electron chi connectivity index (χ4n) is 2.42. The van der Waals surface area contributed by atoms with E-state index in [-0.39, 0.29) is 0 Å². The summed E-state index contributed by atoms with van der Waals surface area (Å²) in [5, 5.41) is 14.0. The van der Waals surface area contributed by atoms with Crippen LogP contribution in [-0.4, -0.2) is 23.3 Å². The van der Waals surface area contributed by atoms with Crippen molar-refractivity contribution in [2.24, 2.45) is 0 Å². The number of benzene rings is 2. The molecule has 0 saturated carbocycles. The normalized spacial score (nSPS) is 11.1. The molecule has 0 amide bonds. The average molecular weight is 281 g/mol. The molecule has 0 bridgehead atoms. The molecule has 4 heteroatoms. The third kappa shape index (κ3) is 3.11. The van der Waals surface area contributed by atoms with E-state index in [2.05, 4.69) is 40.6 Å². The minimum absolute atomic E-state index is 0.602. The fraction of sp³-hybridized carbons (Fsp3) is 0.294. The van der Waals surface area contributed by atoms with Crippen LogP contribution in [0.3, 0.4) is 0 Å². The van der Waals surface area contributed by atoms with Crippen molar-refractivity contribution in [3.8, 4) is 11.5 Å². The number of hydrogen-bond donors (Lipinski definition) is 1. The molecule has 1 N–H and O–H groups in total. The molecule has 3 aromatic rings. The third-order valence-corrected chi connectivity index (χ3v) is 3.48. The van der Waals surface area contributed by atoms with E-state index < -0.39 is 0 Å². The predicted octanol–water partition coefficient (Wildman–Crippen LogP) is 3.43. The molecule has 2 aromatic carbocycles. The Morgan fingerprint density at radius 2 is 1.90 bits per heavy atom. The first-order valence-electron chi connectivity index (χ1n) is 7.39. The van der Waals surface area contributed by atoms with Gasteiger partial charge in [-0.25, -0.2) is 0 Å². The molecule has 0 saturated heterocycles. The lowest BCUT2D eigenvalue weighted by atomic mass is 10.0. The molecule has 1 heterocycles. The van der Waals surface area contributed by atoms with Gasteiger partial charge in [0.15, 0.2) is 0 Å². The zero-order valence-electron chi connectivity index (χ0n) is 12.2. The van der Waals surface area contributed by atoms with Crippen molar-refractivity contribution in [3.05, 3.63) is 48.4 Å². The topological polar surface area (TPSA) is 51.0 Å². The van der Waals surface area contributed by atoms with E-state index in [4.69, 9.17) is 4.42 Å². The Kier molecular flexibility index (Phi) is 4.26. The maximum atomic E-state index is 5.81. The van der Waals surface area contributed by atoms with E-state index >= 15 is 0 Å². The Morgan fingerprint density at radius 3 is 2.81 bits per heavy atom. The lowest BCUT2D eigenvalue weighted by molar-refractivity contribution is 0.493. The Morgan fingerprint density at radius 1 is 1.05 bits per heavy atom. The van der Waals surface area contributed by atoms with Gasteiger partial charge in [0.2, 0.25) is 11.8 Å². The highest BCUT2D eigenvalue weighted by atomic mass is 16.4. The maximum absolute atomic E-state index is 5.81. The second-order valence-corrected chi connectivity index (χ2v) is 4.98. The molecular weight excluding hydrogens is 262 g/mol.